The number of nitrogens with zero attached hydrogens (tertiary/aromatic N) is 1. The Morgan fingerprint density at radius 1 is 0.900 bits per heavy atom. The van der Waals surface area contributed by atoms with E-state index in [-0.39, 0.29) is 11.8 Å². The quantitative estimate of drug-likeness (QED) is 0.748. The zero-order chi connectivity index (χ0) is 14.4. The Morgan fingerprint density at radius 3 is 2.30 bits per heavy atom. The third-order valence-corrected chi connectivity index (χ3v) is 3.87. The summed E-state index contributed by atoms with van der Waals surface area (Å²) in [6.45, 7) is 3.74. The van der Waals surface area contributed by atoms with Gasteiger partial charge in [-0.3, -0.25) is 9.59 Å². The number of fused-ring (bicyclic) bond motifs is 1. The molecule has 100 valence electrons. The molecule has 1 heterocycles. The van der Waals surface area contributed by atoms with E-state index in [1.807, 2.05) is 19.9 Å². The number of halogens is 1. The van der Waals surface area contributed by atoms with Crippen molar-refractivity contribution in [1.29, 1.82) is 0 Å². The van der Waals surface area contributed by atoms with Crippen LogP contribution in [0.25, 0.3) is 0 Å². The van der Waals surface area contributed by atoms with Gasteiger partial charge in [0.2, 0.25) is 0 Å². The number of hydrogen-bond donors (Lipinski definition) is 0. The van der Waals surface area contributed by atoms with Crippen LogP contribution in [-0.4, -0.2) is 11.8 Å². The maximum Gasteiger partial charge on any atom is 0.266 e. The van der Waals surface area contributed by atoms with E-state index in [4.69, 9.17) is 11.6 Å². The molecule has 0 radical (unpaired) electrons. The van der Waals surface area contributed by atoms with Gasteiger partial charge in [-0.1, -0.05) is 23.2 Å². The van der Waals surface area contributed by atoms with Crippen LogP contribution >= 0.6 is 11.6 Å². The Bertz CT molecular complexity index is 752. The molecule has 1 aliphatic heterocycles. The predicted octanol–water partition coefficient (Wildman–Crippen LogP) is 3.76. The van der Waals surface area contributed by atoms with E-state index in [2.05, 4.69) is 0 Å². The van der Waals surface area contributed by atoms with Gasteiger partial charge in [-0.25, -0.2) is 4.90 Å². The average Bonchev–Trinajstić information content (AvgIpc) is 2.65. The first-order chi connectivity index (χ1) is 9.49. The van der Waals surface area contributed by atoms with Crippen molar-refractivity contribution in [3.8, 4) is 0 Å². The predicted molar refractivity (Wildman–Crippen MR) is 78.5 cm³/mol. The highest BCUT2D eigenvalue weighted by Gasteiger charge is 2.36. The smallest absolute Gasteiger partial charge is 0.266 e. The van der Waals surface area contributed by atoms with Crippen molar-refractivity contribution >= 4 is 29.1 Å². The van der Waals surface area contributed by atoms with Gasteiger partial charge in [-0.15, -0.1) is 0 Å². The molecule has 3 rings (SSSR count). The fraction of sp³-hybridized carbons (Fsp3) is 0.125. The lowest BCUT2D eigenvalue weighted by molar-refractivity contribution is 0.0926. The summed E-state index contributed by atoms with van der Waals surface area (Å²) < 4.78 is 0. The van der Waals surface area contributed by atoms with E-state index >= 15 is 0 Å². The first-order valence-corrected chi connectivity index (χ1v) is 6.62. The average molecular weight is 286 g/mol. The van der Waals surface area contributed by atoms with Crippen molar-refractivity contribution in [3.05, 3.63) is 63.7 Å². The Labute approximate surface area is 121 Å². The largest absolute Gasteiger partial charge is 0.268 e. The highest BCUT2D eigenvalue weighted by molar-refractivity contribution is 6.35. The molecular formula is C16H12ClNO2. The number of rotatable bonds is 1. The van der Waals surface area contributed by atoms with Crippen LogP contribution in [0, 0.1) is 13.8 Å². The maximum atomic E-state index is 12.4. The summed E-state index contributed by atoms with van der Waals surface area (Å²) >= 11 is 5.98. The molecule has 1 aliphatic rings. The lowest BCUT2D eigenvalue weighted by Crippen LogP contribution is -2.29. The zero-order valence-electron chi connectivity index (χ0n) is 11.1. The van der Waals surface area contributed by atoms with E-state index in [1.54, 1.807) is 30.3 Å². The molecule has 4 heteroatoms. The number of anilines is 1. The number of carbonyl (C=O) groups is 2. The van der Waals surface area contributed by atoms with Crippen molar-refractivity contribution in [3.63, 3.8) is 0 Å². The second-order valence-corrected chi connectivity index (χ2v) is 5.34. The minimum Gasteiger partial charge on any atom is -0.268 e. The Morgan fingerprint density at radius 2 is 1.60 bits per heavy atom. The Kier molecular flexibility index (Phi) is 2.87. The molecule has 0 bridgehead atoms. The van der Waals surface area contributed by atoms with Gasteiger partial charge < -0.3 is 0 Å². The van der Waals surface area contributed by atoms with Crippen LogP contribution in [0.2, 0.25) is 5.02 Å². The first-order valence-electron chi connectivity index (χ1n) is 6.24. The van der Waals surface area contributed by atoms with Gasteiger partial charge in [0.05, 0.1) is 16.8 Å². The standard InChI is InChI=1S/C16H12ClNO2/c1-9-3-5-12-13(7-9)16(20)18(15(12)19)11-4-6-14(17)10(2)8-11/h3-8H,1-2H3. The third kappa shape index (κ3) is 1.82. The number of benzene rings is 2. The molecule has 0 unspecified atom stereocenters. The van der Waals surface area contributed by atoms with Crippen LogP contribution < -0.4 is 4.90 Å². The molecule has 0 spiro atoms. The lowest BCUT2D eigenvalue weighted by Gasteiger charge is -2.14. The summed E-state index contributed by atoms with van der Waals surface area (Å²) in [5.41, 5.74) is 3.25. The highest BCUT2D eigenvalue weighted by atomic mass is 35.5. The number of aryl methyl sites for hydroxylation is 2. The van der Waals surface area contributed by atoms with Gasteiger partial charge in [-0.2, -0.15) is 0 Å². The van der Waals surface area contributed by atoms with Crippen molar-refractivity contribution in [2.75, 3.05) is 4.90 Å². The molecular weight excluding hydrogens is 274 g/mol. The van der Waals surface area contributed by atoms with E-state index in [0.29, 0.717) is 21.8 Å². The molecule has 2 aromatic rings. The van der Waals surface area contributed by atoms with E-state index in [0.717, 1.165) is 11.1 Å². The SMILES string of the molecule is Cc1ccc2c(c1)C(=O)N(c1ccc(Cl)c(C)c1)C2=O. The Balaban J connectivity index is 2.11. The van der Waals surface area contributed by atoms with Crippen LogP contribution in [0.5, 0.6) is 0 Å². The van der Waals surface area contributed by atoms with Crippen molar-refractivity contribution in [2.24, 2.45) is 0 Å². The van der Waals surface area contributed by atoms with Gasteiger partial charge in [0.1, 0.15) is 0 Å². The number of hydrogen-bond acceptors (Lipinski definition) is 2. The molecule has 2 amide bonds. The highest BCUT2D eigenvalue weighted by Crippen LogP contribution is 2.30. The number of carbonyl (C=O) groups excluding carboxylic acids is 2. The van der Waals surface area contributed by atoms with Gasteiger partial charge in [0.25, 0.3) is 11.8 Å². The fourth-order valence-corrected chi connectivity index (χ4v) is 2.47. The van der Waals surface area contributed by atoms with Crippen molar-refractivity contribution in [2.45, 2.75) is 13.8 Å². The molecule has 0 N–H and O–H groups in total. The van der Waals surface area contributed by atoms with Crippen LogP contribution in [0.3, 0.4) is 0 Å². The molecule has 20 heavy (non-hydrogen) atoms. The normalized spacial score (nSPS) is 13.8. The molecule has 0 aromatic heterocycles. The lowest BCUT2D eigenvalue weighted by atomic mass is 10.1. The van der Waals surface area contributed by atoms with Crippen LogP contribution in [0.4, 0.5) is 5.69 Å². The van der Waals surface area contributed by atoms with Crippen molar-refractivity contribution < 1.29 is 9.59 Å². The van der Waals surface area contributed by atoms with Gasteiger partial charge in [0.15, 0.2) is 0 Å². The summed E-state index contributed by atoms with van der Waals surface area (Å²) in [4.78, 5) is 26.0. The van der Waals surface area contributed by atoms with Crippen LogP contribution in [-0.2, 0) is 0 Å². The second-order valence-electron chi connectivity index (χ2n) is 4.93. The minimum atomic E-state index is -0.285. The van der Waals surface area contributed by atoms with E-state index < -0.39 is 0 Å². The van der Waals surface area contributed by atoms with Crippen LogP contribution in [0.15, 0.2) is 36.4 Å². The summed E-state index contributed by atoms with van der Waals surface area (Å²) in [6.07, 6.45) is 0. The third-order valence-electron chi connectivity index (χ3n) is 3.44. The van der Waals surface area contributed by atoms with Crippen molar-refractivity contribution in [1.82, 2.24) is 0 Å². The molecule has 0 saturated heterocycles. The second kappa shape index (κ2) is 4.46. The summed E-state index contributed by atoms with van der Waals surface area (Å²) in [7, 11) is 0. The van der Waals surface area contributed by atoms with E-state index in [1.165, 1.54) is 4.90 Å². The number of imide groups is 1. The molecule has 0 atom stereocenters. The summed E-state index contributed by atoms with van der Waals surface area (Å²) in [6, 6.07) is 10.4. The fourth-order valence-electron chi connectivity index (χ4n) is 2.36. The Hall–Kier alpha value is -2.13. The van der Waals surface area contributed by atoms with Crippen LogP contribution in [0.1, 0.15) is 31.8 Å². The summed E-state index contributed by atoms with van der Waals surface area (Å²) in [5.74, 6) is -0.567. The topological polar surface area (TPSA) is 37.4 Å². The first kappa shape index (κ1) is 12.9. The molecule has 0 saturated carbocycles. The molecule has 3 nitrogen and oxygen atoms in total. The van der Waals surface area contributed by atoms with Gasteiger partial charge >= 0.3 is 0 Å². The molecule has 0 fully saturated rings. The maximum absolute atomic E-state index is 12.4. The molecule has 2 aromatic carbocycles. The summed E-state index contributed by atoms with van der Waals surface area (Å²) in [5, 5.41) is 0.612. The van der Waals surface area contributed by atoms with Gasteiger partial charge in [0, 0.05) is 5.02 Å². The zero-order valence-corrected chi connectivity index (χ0v) is 11.9. The minimum absolute atomic E-state index is 0.282. The number of amides is 2. The van der Waals surface area contributed by atoms with Gasteiger partial charge in [-0.05, 0) is 49.7 Å². The van der Waals surface area contributed by atoms with E-state index in [9.17, 15) is 9.59 Å². The monoisotopic (exact) mass is 285 g/mol. The molecule has 0 aliphatic carbocycles.